The molecule has 47 heavy (non-hydrogen) atoms. The Hall–Kier alpha value is -4.17. The van der Waals surface area contributed by atoms with Crippen molar-refractivity contribution >= 4 is 55.2 Å². The number of anilines is 2. The Bertz CT molecular complexity index is 1760. The number of rotatable bonds is 7. The number of imidazole rings is 1. The summed E-state index contributed by atoms with van der Waals surface area (Å²) in [6.45, 7) is 3.24. The van der Waals surface area contributed by atoms with E-state index in [0.29, 0.717) is 78.0 Å². The van der Waals surface area contributed by atoms with Crippen LogP contribution in [0.4, 0.5) is 20.6 Å². The molecule has 0 unspecified atom stereocenters. The van der Waals surface area contributed by atoms with Crippen LogP contribution in [0.2, 0.25) is 0 Å². The van der Waals surface area contributed by atoms with Crippen molar-refractivity contribution in [2.75, 3.05) is 49.9 Å². The number of likely N-dealkylation sites (tertiary alicyclic amines) is 1. The van der Waals surface area contributed by atoms with Crippen LogP contribution in [0.5, 0.6) is 0 Å². The highest BCUT2D eigenvalue weighted by Crippen LogP contribution is 2.30. The van der Waals surface area contributed by atoms with E-state index in [1.54, 1.807) is 40.2 Å². The average Bonchev–Trinajstić information content (AvgIpc) is 3.48. The molecule has 11 nitrogen and oxygen atoms in total. The second-order valence-electron chi connectivity index (χ2n) is 11.8. The number of aromatic amines is 1. The molecule has 4 N–H and O–H groups in total. The van der Waals surface area contributed by atoms with Gasteiger partial charge in [0.15, 0.2) is 0 Å². The zero-order valence-electron chi connectivity index (χ0n) is 25.5. The smallest absolute Gasteiger partial charge is 0.326 e. The molecule has 0 spiro atoms. The maximum atomic E-state index is 14.0. The predicted molar refractivity (Wildman–Crippen MR) is 186 cm³/mol. The molecular formula is C33H35Br2FN8O3. The van der Waals surface area contributed by atoms with Gasteiger partial charge in [-0.05, 0) is 104 Å². The number of benzene rings is 2. The number of amides is 3. The molecule has 0 aliphatic carbocycles. The van der Waals surface area contributed by atoms with Crippen molar-refractivity contribution in [3.8, 4) is 11.3 Å². The lowest BCUT2D eigenvalue weighted by atomic mass is 10.0. The third-order valence-electron chi connectivity index (χ3n) is 8.84. The van der Waals surface area contributed by atoms with Gasteiger partial charge in [0.2, 0.25) is 5.91 Å². The SMILES string of the molecule is Nc1c(Br)cc(C[C@H](NC(=O)N2CCC(n3cc(-c4ccc(F)cc4)[nH]c3=O)CC2)C(=O)N2CCN(c3ccncc3)CC2)cc1Br. The highest BCUT2D eigenvalue weighted by atomic mass is 79.9. The molecule has 2 aliphatic heterocycles. The van der Waals surface area contributed by atoms with E-state index >= 15 is 0 Å². The van der Waals surface area contributed by atoms with Crippen molar-refractivity contribution < 1.29 is 14.0 Å². The van der Waals surface area contributed by atoms with E-state index in [2.05, 4.69) is 52.0 Å². The summed E-state index contributed by atoms with van der Waals surface area (Å²) in [6.07, 6.45) is 6.69. The van der Waals surface area contributed by atoms with Crippen molar-refractivity contribution in [1.82, 2.24) is 29.7 Å². The predicted octanol–water partition coefficient (Wildman–Crippen LogP) is 4.79. The number of pyridine rings is 1. The normalized spacial score (nSPS) is 16.3. The fraction of sp³-hybridized carbons (Fsp3) is 0.333. The first kappa shape index (κ1) is 32.8. The topological polar surface area (TPSA) is 133 Å². The van der Waals surface area contributed by atoms with Gasteiger partial charge in [-0.1, -0.05) is 0 Å². The summed E-state index contributed by atoms with van der Waals surface area (Å²) in [4.78, 5) is 53.1. The molecule has 2 aromatic heterocycles. The minimum absolute atomic E-state index is 0.101. The number of urea groups is 1. The van der Waals surface area contributed by atoms with E-state index in [-0.39, 0.29) is 35.9 Å². The largest absolute Gasteiger partial charge is 0.397 e. The highest BCUT2D eigenvalue weighted by Gasteiger charge is 2.32. The number of nitrogens with one attached hydrogen (secondary N) is 2. The molecule has 4 aromatic rings. The lowest BCUT2D eigenvalue weighted by molar-refractivity contribution is -0.133. The van der Waals surface area contributed by atoms with Crippen molar-refractivity contribution in [3.63, 3.8) is 0 Å². The summed E-state index contributed by atoms with van der Waals surface area (Å²) < 4.78 is 16.4. The quantitative estimate of drug-likeness (QED) is 0.232. The number of nitrogens with zero attached hydrogens (tertiary/aromatic N) is 5. The Morgan fingerprint density at radius 3 is 2.23 bits per heavy atom. The van der Waals surface area contributed by atoms with Crippen molar-refractivity contribution in [3.05, 3.63) is 97.9 Å². The van der Waals surface area contributed by atoms with Gasteiger partial charge in [0.25, 0.3) is 0 Å². The number of piperidine rings is 1. The summed E-state index contributed by atoms with van der Waals surface area (Å²) in [7, 11) is 0. The molecule has 4 heterocycles. The third kappa shape index (κ3) is 7.54. The molecule has 3 amide bonds. The van der Waals surface area contributed by atoms with Crippen molar-refractivity contribution in [2.24, 2.45) is 0 Å². The number of carbonyl (C=O) groups is 2. The van der Waals surface area contributed by atoms with Gasteiger partial charge in [0, 0.05) is 85.0 Å². The van der Waals surface area contributed by atoms with E-state index in [4.69, 9.17) is 5.73 Å². The molecule has 2 aliphatic rings. The average molecular weight is 771 g/mol. The lowest BCUT2D eigenvalue weighted by Crippen LogP contribution is -2.57. The number of aromatic nitrogens is 3. The van der Waals surface area contributed by atoms with E-state index in [1.807, 2.05) is 29.2 Å². The van der Waals surface area contributed by atoms with Gasteiger partial charge in [-0.15, -0.1) is 0 Å². The molecule has 0 radical (unpaired) electrons. The standard InChI is InChI=1S/C33H35Br2FN8O3/c34-26-17-21(18-27(35)30(26)37)19-28(31(45)42-15-13-41(14-16-42)24-5-9-38-10-6-24)39-32(46)43-11-7-25(8-12-43)44-20-29(40-33(44)47)22-1-3-23(36)4-2-22/h1-6,9-10,17-18,20,25,28H,7-8,11-16,19,37H2,(H,39,46)(H,40,47)/t28-/m0/s1. The first-order chi connectivity index (χ1) is 22.7. The van der Waals surface area contributed by atoms with Gasteiger partial charge in [0.05, 0.1) is 11.4 Å². The Morgan fingerprint density at radius 2 is 1.60 bits per heavy atom. The van der Waals surface area contributed by atoms with E-state index in [1.165, 1.54) is 12.1 Å². The highest BCUT2D eigenvalue weighted by molar-refractivity contribution is 9.11. The first-order valence-electron chi connectivity index (χ1n) is 15.5. The van der Waals surface area contributed by atoms with Gasteiger partial charge in [-0.25, -0.2) is 14.0 Å². The number of halogens is 3. The van der Waals surface area contributed by atoms with E-state index in [9.17, 15) is 18.8 Å². The number of piperazine rings is 1. The third-order valence-corrected chi connectivity index (χ3v) is 10.2. The molecule has 2 aromatic carbocycles. The van der Waals surface area contributed by atoms with Crippen LogP contribution in [0.15, 0.2) is 80.9 Å². The van der Waals surface area contributed by atoms with Crippen LogP contribution >= 0.6 is 31.9 Å². The summed E-state index contributed by atoms with van der Waals surface area (Å²) in [5, 5.41) is 3.03. The lowest BCUT2D eigenvalue weighted by Gasteiger charge is -2.38. The van der Waals surface area contributed by atoms with Crippen molar-refractivity contribution in [1.29, 1.82) is 0 Å². The minimum Gasteiger partial charge on any atom is -0.397 e. The number of carbonyl (C=O) groups excluding carboxylic acids is 2. The summed E-state index contributed by atoms with van der Waals surface area (Å²) in [5.41, 5.74) is 9.65. The summed E-state index contributed by atoms with van der Waals surface area (Å²) in [5.74, 6) is -0.484. The second kappa shape index (κ2) is 14.3. The maximum absolute atomic E-state index is 14.0. The van der Waals surface area contributed by atoms with Gasteiger partial charge < -0.3 is 30.7 Å². The van der Waals surface area contributed by atoms with Gasteiger partial charge in [-0.2, -0.15) is 0 Å². The molecular weight excluding hydrogens is 735 g/mol. The number of nitrogen functional groups attached to an aromatic ring is 1. The Labute approximate surface area is 288 Å². The van der Waals surface area contributed by atoms with Crippen molar-refractivity contribution in [2.45, 2.75) is 31.3 Å². The number of nitrogens with two attached hydrogens (primary N) is 1. The molecule has 0 bridgehead atoms. The van der Waals surface area contributed by atoms with Crippen LogP contribution in [0, 0.1) is 5.82 Å². The Morgan fingerprint density at radius 1 is 0.957 bits per heavy atom. The van der Waals surface area contributed by atoms with Crippen LogP contribution in [0.3, 0.4) is 0 Å². The first-order valence-corrected chi connectivity index (χ1v) is 17.0. The van der Waals surface area contributed by atoms with E-state index < -0.39 is 6.04 Å². The number of H-pyrrole nitrogens is 1. The summed E-state index contributed by atoms with van der Waals surface area (Å²) >= 11 is 6.99. The fourth-order valence-electron chi connectivity index (χ4n) is 6.20. The molecule has 246 valence electrons. The van der Waals surface area contributed by atoms with Crippen LogP contribution in [-0.2, 0) is 11.2 Å². The van der Waals surface area contributed by atoms with Crippen LogP contribution in [0.25, 0.3) is 11.3 Å². The zero-order valence-corrected chi connectivity index (χ0v) is 28.7. The molecule has 0 saturated carbocycles. The van der Waals surface area contributed by atoms with Crippen LogP contribution in [-0.4, -0.2) is 81.6 Å². The minimum atomic E-state index is -0.791. The number of hydrogen-bond donors (Lipinski definition) is 3. The fourth-order valence-corrected chi connectivity index (χ4v) is 7.48. The van der Waals surface area contributed by atoms with Crippen LogP contribution in [0.1, 0.15) is 24.4 Å². The maximum Gasteiger partial charge on any atom is 0.326 e. The molecule has 1 atom stereocenters. The van der Waals surface area contributed by atoms with E-state index in [0.717, 1.165) is 11.3 Å². The monoisotopic (exact) mass is 768 g/mol. The number of hydrogen-bond acceptors (Lipinski definition) is 6. The van der Waals surface area contributed by atoms with Gasteiger partial charge in [0.1, 0.15) is 11.9 Å². The van der Waals surface area contributed by atoms with Gasteiger partial charge in [-0.3, -0.25) is 14.3 Å². The molecule has 2 saturated heterocycles. The summed E-state index contributed by atoms with van der Waals surface area (Å²) in [6, 6.07) is 12.4. The molecule has 6 rings (SSSR count). The Kier molecular flexibility index (Phi) is 9.97. The second-order valence-corrected chi connectivity index (χ2v) is 13.5. The molecule has 2 fully saturated rings. The van der Waals surface area contributed by atoms with Crippen LogP contribution < -0.4 is 21.6 Å². The zero-order chi connectivity index (χ0) is 33.1. The Balaban J connectivity index is 1.12. The molecule has 14 heteroatoms. The van der Waals surface area contributed by atoms with Gasteiger partial charge >= 0.3 is 11.7 Å².